The van der Waals surface area contributed by atoms with Crippen molar-refractivity contribution in [1.29, 1.82) is 0 Å². The van der Waals surface area contributed by atoms with Gasteiger partial charge in [-0.05, 0) is 25.8 Å². The van der Waals surface area contributed by atoms with Crippen LogP contribution in [0.25, 0.3) is 0 Å². The van der Waals surface area contributed by atoms with Gasteiger partial charge in [0.2, 0.25) is 0 Å². The molecular formula is C16H28Cl2N4OS. The molecule has 1 saturated heterocycles. The predicted molar refractivity (Wildman–Crippen MR) is 104 cm³/mol. The Labute approximate surface area is 160 Å². The molecule has 1 aromatic rings. The molecular weight excluding hydrogens is 367 g/mol. The van der Waals surface area contributed by atoms with Crippen LogP contribution in [0.4, 0.5) is 0 Å². The van der Waals surface area contributed by atoms with Crippen molar-refractivity contribution in [2.24, 2.45) is 5.73 Å². The third-order valence-electron chi connectivity index (χ3n) is 4.79. The van der Waals surface area contributed by atoms with E-state index >= 15 is 0 Å². The first-order chi connectivity index (χ1) is 10.8. The summed E-state index contributed by atoms with van der Waals surface area (Å²) in [5.74, 6) is 0.0905. The minimum atomic E-state index is 0. The molecule has 0 bridgehead atoms. The first-order valence-corrected chi connectivity index (χ1v) is 9.33. The summed E-state index contributed by atoms with van der Waals surface area (Å²) < 4.78 is 0. The molecule has 8 heteroatoms. The highest BCUT2D eigenvalue weighted by atomic mass is 35.5. The Balaban J connectivity index is 0.00000144. The van der Waals surface area contributed by atoms with Crippen LogP contribution in [-0.4, -0.2) is 59.5 Å². The van der Waals surface area contributed by atoms with E-state index in [1.165, 1.54) is 25.7 Å². The molecule has 2 fully saturated rings. The van der Waals surface area contributed by atoms with Gasteiger partial charge in [0, 0.05) is 44.0 Å². The molecule has 138 valence electrons. The second-order valence-electron chi connectivity index (χ2n) is 6.29. The van der Waals surface area contributed by atoms with Crippen LogP contribution in [0.1, 0.15) is 47.6 Å². The first kappa shape index (κ1) is 21.6. The summed E-state index contributed by atoms with van der Waals surface area (Å²) in [6, 6.07) is 0.755. The zero-order valence-corrected chi connectivity index (χ0v) is 16.4. The fourth-order valence-electron chi connectivity index (χ4n) is 3.58. The fraction of sp³-hybridized carbons (Fsp3) is 0.750. The Morgan fingerprint density at radius 3 is 2.62 bits per heavy atom. The molecule has 5 nitrogen and oxygen atoms in total. The van der Waals surface area contributed by atoms with Crippen molar-refractivity contribution in [2.75, 3.05) is 32.7 Å². The zero-order valence-electron chi connectivity index (χ0n) is 14.0. The zero-order chi connectivity index (χ0) is 15.4. The molecule has 2 aliphatic rings. The number of carbonyl (C=O) groups is 1. The van der Waals surface area contributed by atoms with Crippen LogP contribution in [-0.2, 0) is 6.42 Å². The van der Waals surface area contributed by atoms with Gasteiger partial charge in [-0.3, -0.25) is 9.69 Å². The maximum absolute atomic E-state index is 12.6. The van der Waals surface area contributed by atoms with Gasteiger partial charge < -0.3 is 10.6 Å². The molecule has 1 amide bonds. The Hall–Kier alpha value is -0.400. The average Bonchev–Trinajstić information content (AvgIpc) is 3.15. The molecule has 0 unspecified atom stereocenters. The van der Waals surface area contributed by atoms with Crippen molar-refractivity contribution in [1.82, 2.24) is 14.8 Å². The van der Waals surface area contributed by atoms with E-state index in [1.54, 1.807) is 11.3 Å². The third-order valence-corrected chi connectivity index (χ3v) is 5.70. The Bertz CT molecular complexity index is 508. The van der Waals surface area contributed by atoms with Gasteiger partial charge in [0.1, 0.15) is 5.69 Å². The van der Waals surface area contributed by atoms with Gasteiger partial charge in [0.15, 0.2) is 0 Å². The van der Waals surface area contributed by atoms with Gasteiger partial charge in [-0.25, -0.2) is 4.98 Å². The van der Waals surface area contributed by atoms with Gasteiger partial charge in [-0.15, -0.1) is 36.2 Å². The van der Waals surface area contributed by atoms with Crippen LogP contribution >= 0.6 is 36.2 Å². The summed E-state index contributed by atoms with van der Waals surface area (Å²) in [5, 5.41) is 2.85. The van der Waals surface area contributed by atoms with E-state index in [-0.39, 0.29) is 30.7 Å². The molecule has 2 N–H and O–H groups in total. The molecule has 1 saturated carbocycles. The van der Waals surface area contributed by atoms with Crippen LogP contribution in [0.5, 0.6) is 0 Å². The fourth-order valence-corrected chi connectivity index (χ4v) is 4.37. The van der Waals surface area contributed by atoms with E-state index in [4.69, 9.17) is 5.73 Å². The van der Waals surface area contributed by atoms with Gasteiger partial charge in [-0.1, -0.05) is 12.8 Å². The summed E-state index contributed by atoms with van der Waals surface area (Å²) in [7, 11) is 0. The lowest BCUT2D eigenvalue weighted by Crippen LogP contribution is -2.38. The second kappa shape index (κ2) is 10.6. The number of carbonyl (C=O) groups excluding carboxylic acids is 1. The lowest BCUT2D eigenvalue weighted by Gasteiger charge is -2.27. The number of nitrogens with two attached hydrogens (primary N) is 1. The number of thiazole rings is 1. The highest BCUT2D eigenvalue weighted by molar-refractivity contribution is 7.09. The molecule has 1 aromatic heterocycles. The normalized spacial score (nSPS) is 19.5. The van der Waals surface area contributed by atoms with E-state index in [2.05, 4.69) is 9.88 Å². The number of amides is 1. The number of halogens is 2. The molecule has 0 radical (unpaired) electrons. The smallest absolute Gasteiger partial charge is 0.273 e. The van der Waals surface area contributed by atoms with Gasteiger partial charge >= 0.3 is 0 Å². The highest BCUT2D eigenvalue weighted by Gasteiger charge is 2.27. The molecule has 0 atom stereocenters. The summed E-state index contributed by atoms with van der Waals surface area (Å²) in [6.45, 7) is 4.41. The van der Waals surface area contributed by atoms with Crippen molar-refractivity contribution in [3.8, 4) is 0 Å². The van der Waals surface area contributed by atoms with Crippen molar-refractivity contribution in [3.05, 3.63) is 16.1 Å². The summed E-state index contributed by atoms with van der Waals surface area (Å²) in [5.41, 5.74) is 6.15. The van der Waals surface area contributed by atoms with Crippen LogP contribution in [0, 0.1) is 0 Å². The number of aromatic nitrogens is 1. The first-order valence-electron chi connectivity index (χ1n) is 8.45. The van der Waals surface area contributed by atoms with E-state index in [0.29, 0.717) is 12.2 Å². The van der Waals surface area contributed by atoms with Crippen LogP contribution < -0.4 is 5.73 Å². The molecule has 24 heavy (non-hydrogen) atoms. The summed E-state index contributed by atoms with van der Waals surface area (Å²) in [4.78, 5) is 21.6. The maximum atomic E-state index is 12.6. The number of hydrogen-bond acceptors (Lipinski definition) is 5. The van der Waals surface area contributed by atoms with Crippen molar-refractivity contribution >= 4 is 42.1 Å². The maximum Gasteiger partial charge on any atom is 0.273 e. The van der Waals surface area contributed by atoms with Gasteiger partial charge in [0.25, 0.3) is 5.91 Å². The van der Waals surface area contributed by atoms with Gasteiger partial charge in [0.05, 0.1) is 5.01 Å². The van der Waals surface area contributed by atoms with Crippen LogP contribution in [0.2, 0.25) is 0 Å². The minimum absolute atomic E-state index is 0. The Morgan fingerprint density at radius 1 is 1.17 bits per heavy atom. The number of rotatable bonds is 4. The van der Waals surface area contributed by atoms with Crippen molar-refractivity contribution in [3.63, 3.8) is 0 Å². The third kappa shape index (κ3) is 5.30. The number of nitrogens with zero attached hydrogens (tertiary/aromatic N) is 3. The molecule has 1 aliphatic carbocycles. The lowest BCUT2D eigenvalue weighted by molar-refractivity contribution is 0.0753. The van der Waals surface area contributed by atoms with Crippen LogP contribution in [0.15, 0.2) is 5.38 Å². The lowest BCUT2D eigenvalue weighted by atomic mass is 10.2. The molecule has 3 rings (SSSR count). The average molecular weight is 395 g/mol. The largest absolute Gasteiger partial charge is 0.336 e. The summed E-state index contributed by atoms with van der Waals surface area (Å²) >= 11 is 1.54. The van der Waals surface area contributed by atoms with Crippen molar-refractivity contribution in [2.45, 2.75) is 44.6 Å². The van der Waals surface area contributed by atoms with Crippen molar-refractivity contribution < 1.29 is 4.79 Å². The predicted octanol–water partition coefficient (Wildman–Crippen LogP) is 2.58. The standard InChI is InChI=1S/C16H26N4OS.2ClH/c17-7-6-15-18-14(12-22-15)16(21)20-9-3-8-19(10-11-20)13-4-1-2-5-13;;/h12-13H,1-11,17H2;2*1H. The van der Waals surface area contributed by atoms with E-state index in [9.17, 15) is 4.79 Å². The Morgan fingerprint density at radius 2 is 1.92 bits per heavy atom. The number of hydrogen-bond donors (Lipinski definition) is 1. The van der Waals surface area contributed by atoms with Gasteiger partial charge in [-0.2, -0.15) is 0 Å². The van der Waals surface area contributed by atoms with E-state index in [0.717, 1.165) is 50.1 Å². The highest BCUT2D eigenvalue weighted by Crippen LogP contribution is 2.24. The Kier molecular flexibility index (Phi) is 9.52. The van der Waals surface area contributed by atoms with Crippen LogP contribution in [0.3, 0.4) is 0 Å². The SMILES string of the molecule is Cl.Cl.NCCc1nc(C(=O)N2CCCN(C3CCCC3)CC2)cs1. The molecule has 0 aromatic carbocycles. The topological polar surface area (TPSA) is 62.5 Å². The summed E-state index contributed by atoms with van der Waals surface area (Å²) in [6.07, 6.45) is 7.24. The molecule has 0 spiro atoms. The monoisotopic (exact) mass is 394 g/mol. The van der Waals surface area contributed by atoms with E-state index < -0.39 is 0 Å². The quantitative estimate of drug-likeness (QED) is 0.851. The molecule has 1 aliphatic heterocycles. The minimum Gasteiger partial charge on any atom is -0.336 e. The second-order valence-corrected chi connectivity index (χ2v) is 7.23. The molecule has 2 heterocycles. The van der Waals surface area contributed by atoms with E-state index in [1.807, 2.05) is 10.3 Å².